The number of nitrogens with zero attached hydrogens (tertiary/aromatic N) is 3. The lowest BCUT2D eigenvalue weighted by Gasteiger charge is -2.39. The molecule has 7 heteroatoms. The minimum atomic E-state index is -3.47. The van der Waals surface area contributed by atoms with E-state index in [0.717, 1.165) is 19.3 Å². The fraction of sp³-hybridized carbons (Fsp3) is 1.00. The first-order chi connectivity index (χ1) is 8.85. The van der Waals surface area contributed by atoms with Gasteiger partial charge in [-0.1, -0.05) is 24.4 Å². The van der Waals surface area contributed by atoms with Gasteiger partial charge in [0.15, 0.2) is 5.28 Å². The molecule has 1 rings (SSSR count). The third-order valence-electron chi connectivity index (χ3n) is 3.09. The lowest BCUT2D eigenvalue weighted by molar-refractivity contribution is 0.118. The largest absolute Gasteiger partial charge is 0.343 e. The second-order valence-corrected chi connectivity index (χ2v) is 7.79. The van der Waals surface area contributed by atoms with E-state index < -0.39 is 12.9 Å². The summed E-state index contributed by atoms with van der Waals surface area (Å²) >= 11 is 0. The van der Waals surface area contributed by atoms with E-state index in [4.69, 9.17) is 14.6 Å². The Hall–Kier alpha value is -0.540. The summed E-state index contributed by atoms with van der Waals surface area (Å²) in [5, 5.41) is 2.83. The van der Waals surface area contributed by atoms with Crippen molar-refractivity contribution in [1.82, 2.24) is 0 Å². The first kappa shape index (κ1) is 16.5. The maximum Gasteiger partial charge on any atom is 0.343 e. The average Bonchev–Trinajstić information content (AvgIpc) is 2.28. The topological polar surface area (TPSA) is 84.3 Å². The summed E-state index contributed by atoms with van der Waals surface area (Å²) in [7, 11) is -3.47. The maximum atomic E-state index is 13.2. The summed E-state index contributed by atoms with van der Waals surface area (Å²) in [6.45, 7) is 7.23. The molecule has 0 atom stereocenters. The van der Waals surface area contributed by atoms with E-state index in [-0.39, 0.29) is 12.2 Å². The molecule has 0 aromatic heterocycles. The van der Waals surface area contributed by atoms with Crippen molar-refractivity contribution >= 4 is 7.60 Å². The lowest BCUT2D eigenvalue weighted by atomic mass is 9.95. The quantitative estimate of drug-likeness (QED) is 0.298. The summed E-state index contributed by atoms with van der Waals surface area (Å²) in [6.07, 6.45) is 3.47. The molecular formula is C12H24N3O3P. The Morgan fingerprint density at radius 1 is 1.11 bits per heavy atom. The second-order valence-electron chi connectivity index (χ2n) is 5.54. The minimum Gasteiger partial charge on any atom is -0.305 e. The molecule has 0 aromatic carbocycles. The Bertz CT molecular complexity index is 372. The fourth-order valence-electron chi connectivity index (χ4n) is 2.41. The molecule has 0 bridgehead atoms. The SMILES string of the molecule is CC(C)OP(=O)(OC(C)C)C1(N=[N+]=[N-])CCCCC1. The Kier molecular flexibility index (Phi) is 5.87. The van der Waals surface area contributed by atoms with Gasteiger partial charge in [0.05, 0.1) is 12.2 Å². The van der Waals surface area contributed by atoms with Gasteiger partial charge in [0.2, 0.25) is 0 Å². The van der Waals surface area contributed by atoms with E-state index in [1.807, 2.05) is 27.7 Å². The maximum absolute atomic E-state index is 13.2. The summed E-state index contributed by atoms with van der Waals surface area (Å²) < 4.78 is 24.4. The summed E-state index contributed by atoms with van der Waals surface area (Å²) in [5.74, 6) is 0. The molecule has 0 amide bonds. The molecule has 0 N–H and O–H groups in total. The number of azide groups is 1. The van der Waals surface area contributed by atoms with Crippen molar-refractivity contribution in [3.8, 4) is 0 Å². The molecule has 1 fully saturated rings. The highest BCUT2D eigenvalue weighted by Crippen LogP contribution is 2.67. The summed E-state index contributed by atoms with van der Waals surface area (Å²) in [6, 6.07) is 0. The van der Waals surface area contributed by atoms with E-state index in [1.54, 1.807) is 0 Å². The van der Waals surface area contributed by atoms with Crippen LogP contribution in [0.25, 0.3) is 10.4 Å². The van der Waals surface area contributed by atoms with Crippen LogP contribution in [0, 0.1) is 0 Å². The van der Waals surface area contributed by atoms with E-state index in [1.165, 1.54) is 0 Å². The molecule has 0 saturated heterocycles. The Morgan fingerprint density at radius 3 is 1.95 bits per heavy atom. The van der Waals surface area contributed by atoms with E-state index >= 15 is 0 Å². The second kappa shape index (κ2) is 6.76. The normalized spacial score (nSPS) is 19.5. The van der Waals surface area contributed by atoms with Gasteiger partial charge in [0, 0.05) is 4.91 Å². The van der Waals surface area contributed by atoms with Crippen LogP contribution in [0.3, 0.4) is 0 Å². The van der Waals surface area contributed by atoms with E-state index in [2.05, 4.69) is 10.0 Å². The summed E-state index contributed by atoms with van der Waals surface area (Å²) in [4.78, 5) is 2.90. The molecule has 1 saturated carbocycles. The van der Waals surface area contributed by atoms with Gasteiger partial charge in [0.1, 0.15) is 0 Å². The third kappa shape index (κ3) is 3.96. The first-order valence-corrected chi connectivity index (χ1v) is 8.43. The van der Waals surface area contributed by atoms with Crippen LogP contribution in [0.2, 0.25) is 0 Å². The van der Waals surface area contributed by atoms with Crippen molar-refractivity contribution in [2.24, 2.45) is 5.11 Å². The third-order valence-corrected chi connectivity index (χ3v) is 6.05. The standard InChI is InChI=1S/C12H24N3O3P/c1-10(2)17-19(16,18-11(3)4)12(14-15-13)8-6-5-7-9-12/h10-11H,5-9H2,1-4H3. The Balaban J connectivity index is 3.16. The smallest absolute Gasteiger partial charge is 0.305 e. The number of hydrogen-bond acceptors (Lipinski definition) is 4. The Labute approximate surface area is 115 Å². The van der Waals surface area contributed by atoms with Gasteiger partial charge in [-0.15, -0.1) is 0 Å². The molecule has 0 radical (unpaired) electrons. The molecule has 1 aliphatic carbocycles. The zero-order chi connectivity index (χ0) is 14.5. The molecular weight excluding hydrogens is 265 g/mol. The molecule has 0 spiro atoms. The van der Waals surface area contributed by atoms with Gasteiger partial charge < -0.3 is 9.05 Å². The molecule has 0 aromatic rings. The number of hydrogen-bond donors (Lipinski definition) is 0. The molecule has 6 nitrogen and oxygen atoms in total. The average molecular weight is 289 g/mol. The zero-order valence-electron chi connectivity index (χ0n) is 12.2. The van der Waals surface area contributed by atoms with Gasteiger partial charge in [-0.05, 0) is 46.1 Å². The van der Waals surface area contributed by atoms with Crippen LogP contribution in [-0.4, -0.2) is 17.5 Å². The van der Waals surface area contributed by atoms with Crippen molar-refractivity contribution in [2.45, 2.75) is 77.3 Å². The molecule has 1 aliphatic rings. The minimum absolute atomic E-state index is 0.239. The van der Waals surface area contributed by atoms with Gasteiger partial charge >= 0.3 is 7.60 Å². The molecule has 110 valence electrons. The van der Waals surface area contributed by atoms with Crippen LogP contribution >= 0.6 is 7.60 Å². The zero-order valence-corrected chi connectivity index (χ0v) is 13.1. The van der Waals surface area contributed by atoms with Crippen LogP contribution in [0.4, 0.5) is 0 Å². The summed E-state index contributed by atoms with van der Waals surface area (Å²) in [5.41, 5.74) is 8.84. The monoisotopic (exact) mass is 289 g/mol. The van der Waals surface area contributed by atoms with Crippen LogP contribution in [0.15, 0.2) is 5.11 Å². The highest BCUT2D eigenvalue weighted by atomic mass is 31.2. The lowest BCUT2D eigenvalue weighted by Crippen LogP contribution is -2.32. The van der Waals surface area contributed by atoms with Crippen LogP contribution in [0.1, 0.15) is 59.8 Å². The highest BCUT2D eigenvalue weighted by Gasteiger charge is 2.52. The molecule has 0 unspecified atom stereocenters. The van der Waals surface area contributed by atoms with Crippen LogP contribution in [0.5, 0.6) is 0 Å². The predicted octanol–water partition coefficient (Wildman–Crippen LogP) is 5.00. The van der Waals surface area contributed by atoms with Gasteiger partial charge in [-0.25, -0.2) is 0 Å². The van der Waals surface area contributed by atoms with Crippen LogP contribution in [-0.2, 0) is 13.6 Å². The van der Waals surface area contributed by atoms with Crippen molar-refractivity contribution in [1.29, 1.82) is 0 Å². The van der Waals surface area contributed by atoms with E-state index in [9.17, 15) is 4.57 Å². The van der Waals surface area contributed by atoms with Gasteiger partial charge in [0.25, 0.3) is 0 Å². The molecule has 0 heterocycles. The van der Waals surface area contributed by atoms with Crippen molar-refractivity contribution in [3.63, 3.8) is 0 Å². The van der Waals surface area contributed by atoms with Crippen molar-refractivity contribution < 1.29 is 13.6 Å². The Morgan fingerprint density at radius 2 is 1.58 bits per heavy atom. The van der Waals surface area contributed by atoms with Crippen molar-refractivity contribution in [3.05, 3.63) is 10.4 Å². The van der Waals surface area contributed by atoms with E-state index in [0.29, 0.717) is 12.8 Å². The first-order valence-electron chi connectivity index (χ1n) is 6.88. The molecule has 19 heavy (non-hydrogen) atoms. The number of rotatable bonds is 6. The fourth-order valence-corrected chi connectivity index (χ4v) is 4.97. The van der Waals surface area contributed by atoms with Gasteiger partial charge in [-0.3, -0.25) is 4.57 Å². The highest BCUT2D eigenvalue weighted by molar-refractivity contribution is 7.55. The molecule has 0 aliphatic heterocycles. The van der Waals surface area contributed by atoms with Crippen LogP contribution < -0.4 is 0 Å². The van der Waals surface area contributed by atoms with Crippen molar-refractivity contribution in [2.75, 3.05) is 0 Å². The predicted molar refractivity (Wildman–Crippen MR) is 75.0 cm³/mol. The van der Waals surface area contributed by atoms with Gasteiger partial charge in [-0.2, -0.15) is 0 Å².